The molecule has 0 radical (unpaired) electrons. The fourth-order valence-electron chi connectivity index (χ4n) is 2.89. The SMILES string of the molecule is CCC1C(=O)NCCN1C(=O)CC(C)(C)c1ccccc1. The summed E-state index contributed by atoms with van der Waals surface area (Å²) in [5.41, 5.74) is 0.915. The van der Waals surface area contributed by atoms with Gasteiger partial charge in [0, 0.05) is 19.5 Å². The Morgan fingerprint density at radius 2 is 2.00 bits per heavy atom. The van der Waals surface area contributed by atoms with Crippen molar-refractivity contribution in [3.63, 3.8) is 0 Å². The van der Waals surface area contributed by atoms with E-state index < -0.39 is 0 Å². The summed E-state index contributed by atoms with van der Waals surface area (Å²) in [7, 11) is 0. The Bertz CT molecular complexity index is 511. The van der Waals surface area contributed by atoms with Crippen molar-refractivity contribution in [1.82, 2.24) is 10.2 Å². The summed E-state index contributed by atoms with van der Waals surface area (Å²) in [6, 6.07) is 9.73. The van der Waals surface area contributed by atoms with Crippen LogP contribution >= 0.6 is 0 Å². The topological polar surface area (TPSA) is 49.4 Å². The average molecular weight is 288 g/mol. The van der Waals surface area contributed by atoms with Crippen molar-refractivity contribution in [2.75, 3.05) is 13.1 Å². The Hall–Kier alpha value is -1.84. The smallest absolute Gasteiger partial charge is 0.242 e. The van der Waals surface area contributed by atoms with Crippen molar-refractivity contribution in [3.8, 4) is 0 Å². The number of nitrogens with one attached hydrogen (secondary N) is 1. The maximum atomic E-state index is 12.6. The van der Waals surface area contributed by atoms with Crippen LogP contribution in [0.5, 0.6) is 0 Å². The predicted octanol–water partition coefficient (Wildman–Crippen LogP) is 2.09. The van der Waals surface area contributed by atoms with Crippen molar-refractivity contribution < 1.29 is 9.59 Å². The van der Waals surface area contributed by atoms with Crippen LogP contribution in [-0.4, -0.2) is 35.8 Å². The van der Waals surface area contributed by atoms with Crippen molar-refractivity contribution in [3.05, 3.63) is 35.9 Å². The molecule has 2 rings (SSSR count). The van der Waals surface area contributed by atoms with Crippen molar-refractivity contribution in [1.29, 1.82) is 0 Å². The van der Waals surface area contributed by atoms with Gasteiger partial charge in [-0.3, -0.25) is 9.59 Å². The molecule has 1 aliphatic heterocycles. The minimum absolute atomic E-state index is 0.0328. The van der Waals surface area contributed by atoms with Gasteiger partial charge in [-0.25, -0.2) is 0 Å². The third-order valence-corrected chi connectivity index (χ3v) is 4.19. The minimum atomic E-state index is -0.321. The van der Waals surface area contributed by atoms with Gasteiger partial charge in [0.05, 0.1) is 0 Å². The molecule has 0 bridgehead atoms. The Balaban J connectivity index is 2.11. The maximum Gasteiger partial charge on any atom is 0.242 e. The standard InChI is InChI=1S/C17H24N2O2/c1-4-14-16(21)18-10-11-19(14)15(20)12-17(2,3)13-8-6-5-7-9-13/h5-9,14H,4,10-12H2,1-3H3,(H,18,21). The highest BCUT2D eigenvalue weighted by atomic mass is 16.2. The van der Waals surface area contributed by atoms with E-state index in [1.54, 1.807) is 4.90 Å². The number of hydrogen-bond acceptors (Lipinski definition) is 2. The third kappa shape index (κ3) is 3.43. The molecule has 0 aliphatic carbocycles. The van der Waals surface area contributed by atoms with Crippen LogP contribution in [-0.2, 0) is 15.0 Å². The fourth-order valence-corrected chi connectivity index (χ4v) is 2.89. The Kier molecular flexibility index (Phi) is 4.66. The van der Waals surface area contributed by atoms with E-state index in [0.29, 0.717) is 25.9 Å². The summed E-state index contributed by atoms with van der Waals surface area (Å²) in [6.07, 6.45) is 1.07. The zero-order valence-corrected chi connectivity index (χ0v) is 13.1. The molecule has 21 heavy (non-hydrogen) atoms. The molecule has 1 N–H and O–H groups in total. The lowest BCUT2D eigenvalue weighted by atomic mass is 9.81. The van der Waals surface area contributed by atoms with E-state index in [1.165, 1.54) is 0 Å². The highest BCUT2D eigenvalue weighted by Gasteiger charge is 2.34. The number of hydrogen-bond donors (Lipinski definition) is 1. The first-order valence-electron chi connectivity index (χ1n) is 7.58. The molecular formula is C17H24N2O2. The molecule has 0 saturated carbocycles. The van der Waals surface area contributed by atoms with Gasteiger partial charge in [0.1, 0.15) is 6.04 Å². The highest BCUT2D eigenvalue weighted by molar-refractivity contribution is 5.89. The lowest BCUT2D eigenvalue weighted by Gasteiger charge is -2.36. The average Bonchev–Trinajstić information content (AvgIpc) is 2.47. The molecule has 4 heteroatoms. The van der Waals surface area contributed by atoms with E-state index in [0.717, 1.165) is 5.56 Å². The van der Waals surface area contributed by atoms with Gasteiger partial charge in [-0.05, 0) is 17.4 Å². The van der Waals surface area contributed by atoms with E-state index in [2.05, 4.69) is 19.2 Å². The predicted molar refractivity (Wildman–Crippen MR) is 82.9 cm³/mol. The summed E-state index contributed by atoms with van der Waals surface area (Å²) in [4.78, 5) is 26.3. The quantitative estimate of drug-likeness (QED) is 0.922. The van der Waals surface area contributed by atoms with Gasteiger partial charge >= 0.3 is 0 Å². The van der Waals surface area contributed by atoms with Gasteiger partial charge in [-0.15, -0.1) is 0 Å². The summed E-state index contributed by atoms with van der Waals surface area (Å²) in [6.45, 7) is 7.25. The first-order valence-corrected chi connectivity index (χ1v) is 7.58. The highest BCUT2D eigenvalue weighted by Crippen LogP contribution is 2.28. The largest absolute Gasteiger partial charge is 0.353 e. The second kappa shape index (κ2) is 6.29. The van der Waals surface area contributed by atoms with E-state index >= 15 is 0 Å². The number of piperazine rings is 1. The number of carbonyl (C=O) groups is 2. The van der Waals surface area contributed by atoms with Crippen LogP contribution in [0.2, 0.25) is 0 Å². The van der Waals surface area contributed by atoms with Gasteiger partial charge in [0.15, 0.2) is 0 Å². The number of amides is 2. The maximum absolute atomic E-state index is 12.6. The van der Waals surface area contributed by atoms with E-state index in [-0.39, 0.29) is 23.3 Å². The van der Waals surface area contributed by atoms with Crippen molar-refractivity contribution in [2.45, 2.75) is 45.1 Å². The molecule has 1 heterocycles. The first-order chi connectivity index (χ1) is 9.95. The molecule has 1 fully saturated rings. The zero-order chi connectivity index (χ0) is 15.5. The molecule has 2 amide bonds. The van der Waals surface area contributed by atoms with E-state index in [9.17, 15) is 9.59 Å². The molecule has 1 atom stereocenters. The monoisotopic (exact) mass is 288 g/mol. The van der Waals surface area contributed by atoms with Gasteiger partial charge in [0.25, 0.3) is 0 Å². The molecule has 1 aromatic rings. The molecule has 1 aliphatic rings. The molecule has 114 valence electrons. The Morgan fingerprint density at radius 1 is 1.33 bits per heavy atom. The molecule has 4 nitrogen and oxygen atoms in total. The second-order valence-electron chi connectivity index (χ2n) is 6.23. The van der Waals surface area contributed by atoms with Crippen LogP contribution in [0.4, 0.5) is 0 Å². The van der Waals surface area contributed by atoms with E-state index in [1.807, 2.05) is 37.3 Å². The van der Waals surface area contributed by atoms with Crippen LogP contribution in [0.15, 0.2) is 30.3 Å². The number of rotatable bonds is 4. The van der Waals surface area contributed by atoms with Crippen LogP contribution in [0.1, 0.15) is 39.2 Å². The zero-order valence-electron chi connectivity index (χ0n) is 13.1. The molecule has 0 spiro atoms. The molecule has 0 aromatic heterocycles. The van der Waals surface area contributed by atoms with Gasteiger partial charge < -0.3 is 10.2 Å². The van der Waals surface area contributed by atoms with Crippen LogP contribution < -0.4 is 5.32 Å². The van der Waals surface area contributed by atoms with Crippen LogP contribution in [0.3, 0.4) is 0 Å². The number of nitrogens with zero attached hydrogens (tertiary/aromatic N) is 1. The van der Waals surface area contributed by atoms with Crippen LogP contribution in [0, 0.1) is 0 Å². The summed E-state index contributed by atoms with van der Waals surface area (Å²) in [5, 5.41) is 2.83. The normalized spacial score (nSPS) is 19.3. The van der Waals surface area contributed by atoms with Gasteiger partial charge in [0.2, 0.25) is 11.8 Å². The molecular weight excluding hydrogens is 264 g/mol. The summed E-state index contributed by atoms with van der Waals surface area (Å²) < 4.78 is 0. The fraction of sp³-hybridized carbons (Fsp3) is 0.529. The lowest BCUT2D eigenvalue weighted by molar-refractivity contribution is -0.144. The first kappa shape index (κ1) is 15.5. The van der Waals surface area contributed by atoms with Gasteiger partial charge in [-0.1, -0.05) is 51.1 Å². The van der Waals surface area contributed by atoms with Gasteiger partial charge in [-0.2, -0.15) is 0 Å². The Morgan fingerprint density at radius 3 is 2.62 bits per heavy atom. The Labute approximate surface area is 126 Å². The minimum Gasteiger partial charge on any atom is -0.353 e. The summed E-state index contributed by atoms with van der Waals surface area (Å²) >= 11 is 0. The molecule has 1 unspecified atom stereocenters. The van der Waals surface area contributed by atoms with Crippen molar-refractivity contribution in [2.24, 2.45) is 0 Å². The number of benzene rings is 1. The third-order valence-electron chi connectivity index (χ3n) is 4.19. The van der Waals surface area contributed by atoms with Crippen LogP contribution in [0.25, 0.3) is 0 Å². The molecule has 1 saturated heterocycles. The molecule has 1 aromatic carbocycles. The summed E-state index contributed by atoms with van der Waals surface area (Å²) in [5.74, 6) is 0.0279. The number of carbonyl (C=O) groups excluding carboxylic acids is 2. The lowest BCUT2D eigenvalue weighted by Crippen LogP contribution is -2.57. The van der Waals surface area contributed by atoms with E-state index in [4.69, 9.17) is 0 Å². The van der Waals surface area contributed by atoms with Crippen molar-refractivity contribution >= 4 is 11.8 Å². The second-order valence-corrected chi connectivity index (χ2v) is 6.23.